The van der Waals surface area contributed by atoms with Crippen LogP contribution >= 0.6 is 0 Å². The third kappa shape index (κ3) is 5.08. The summed E-state index contributed by atoms with van der Waals surface area (Å²) in [6, 6.07) is 18.2. The number of rotatable bonds is 8. The molecule has 1 unspecified atom stereocenters. The number of carbonyl (C=O) groups excluding carboxylic acids is 1. The van der Waals surface area contributed by atoms with Crippen molar-refractivity contribution in [1.82, 2.24) is 5.32 Å². The molecule has 1 aliphatic carbocycles. The molecule has 8 heteroatoms. The zero-order chi connectivity index (χ0) is 22.7. The number of ether oxygens (including phenoxy) is 1. The van der Waals surface area contributed by atoms with Crippen molar-refractivity contribution in [3.05, 3.63) is 89.7 Å². The van der Waals surface area contributed by atoms with Gasteiger partial charge < -0.3 is 10.1 Å². The Bertz CT molecular complexity index is 1190. The molecular formula is C24H23FN2O4S. The van der Waals surface area contributed by atoms with Crippen LogP contribution in [0.3, 0.4) is 0 Å². The van der Waals surface area contributed by atoms with Gasteiger partial charge in [-0.25, -0.2) is 12.8 Å². The topological polar surface area (TPSA) is 84.5 Å². The zero-order valence-electron chi connectivity index (χ0n) is 17.4. The van der Waals surface area contributed by atoms with Gasteiger partial charge in [0.25, 0.3) is 15.9 Å². The number of hydrogen-bond donors (Lipinski definition) is 2. The molecule has 3 aromatic carbocycles. The van der Waals surface area contributed by atoms with Gasteiger partial charge in [0.2, 0.25) is 0 Å². The molecule has 1 fully saturated rings. The van der Waals surface area contributed by atoms with Crippen molar-refractivity contribution in [2.24, 2.45) is 5.92 Å². The van der Waals surface area contributed by atoms with Gasteiger partial charge >= 0.3 is 0 Å². The molecule has 4 rings (SSSR count). The van der Waals surface area contributed by atoms with E-state index in [1.54, 1.807) is 7.11 Å². The smallest absolute Gasteiger partial charge is 0.261 e. The van der Waals surface area contributed by atoms with Crippen molar-refractivity contribution in [2.45, 2.75) is 23.8 Å². The molecule has 1 atom stereocenters. The zero-order valence-corrected chi connectivity index (χ0v) is 18.2. The van der Waals surface area contributed by atoms with Crippen LogP contribution in [0.4, 0.5) is 10.1 Å². The second-order valence-corrected chi connectivity index (χ2v) is 9.38. The number of amides is 1. The predicted octanol–water partition coefficient (Wildman–Crippen LogP) is 4.52. The Morgan fingerprint density at radius 3 is 2.16 bits per heavy atom. The molecule has 2 N–H and O–H groups in total. The highest BCUT2D eigenvalue weighted by Crippen LogP contribution is 2.41. The van der Waals surface area contributed by atoms with Crippen LogP contribution in [-0.2, 0) is 10.0 Å². The van der Waals surface area contributed by atoms with E-state index in [4.69, 9.17) is 4.74 Å². The molecule has 0 aliphatic heterocycles. The number of benzene rings is 3. The molecular weight excluding hydrogens is 431 g/mol. The van der Waals surface area contributed by atoms with Gasteiger partial charge in [0.15, 0.2) is 0 Å². The summed E-state index contributed by atoms with van der Waals surface area (Å²) in [5.41, 5.74) is 1.62. The van der Waals surface area contributed by atoms with E-state index in [0.717, 1.165) is 24.2 Å². The first-order valence-electron chi connectivity index (χ1n) is 10.2. The van der Waals surface area contributed by atoms with Crippen molar-refractivity contribution in [3.8, 4) is 5.75 Å². The Morgan fingerprint density at radius 1 is 0.969 bits per heavy atom. The summed E-state index contributed by atoms with van der Waals surface area (Å²) in [4.78, 5) is 12.8. The lowest BCUT2D eigenvalue weighted by molar-refractivity contribution is 0.0931. The Balaban J connectivity index is 1.46. The largest absolute Gasteiger partial charge is 0.497 e. The maximum atomic E-state index is 13.0. The van der Waals surface area contributed by atoms with Crippen molar-refractivity contribution in [3.63, 3.8) is 0 Å². The Morgan fingerprint density at radius 2 is 1.59 bits per heavy atom. The van der Waals surface area contributed by atoms with E-state index in [1.807, 2.05) is 24.3 Å². The Kier molecular flexibility index (Phi) is 6.14. The van der Waals surface area contributed by atoms with Crippen LogP contribution in [-0.4, -0.2) is 21.4 Å². The number of nitrogens with one attached hydrogen (secondary N) is 2. The normalized spacial score (nSPS) is 14.4. The van der Waals surface area contributed by atoms with E-state index in [2.05, 4.69) is 10.0 Å². The van der Waals surface area contributed by atoms with Crippen LogP contribution in [0.5, 0.6) is 5.75 Å². The van der Waals surface area contributed by atoms with E-state index >= 15 is 0 Å². The molecule has 0 heterocycles. The van der Waals surface area contributed by atoms with E-state index in [1.165, 1.54) is 48.5 Å². The van der Waals surface area contributed by atoms with Gasteiger partial charge in [-0.15, -0.1) is 0 Å². The molecule has 0 spiro atoms. The summed E-state index contributed by atoms with van der Waals surface area (Å²) in [5.74, 6) is 0.406. The standard InChI is InChI=1S/C24H23FN2O4S/c1-31-21-12-4-17(5-13-21)23(16-2-3-16)26-24(28)18-6-14-22(15-7-18)32(29,30)27-20-10-8-19(25)9-11-20/h4-16,23,27H,2-3H2,1H3,(H,26,28). The summed E-state index contributed by atoms with van der Waals surface area (Å²) >= 11 is 0. The van der Waals surface area contributed by atoms with Crippen molar-refractivity contribution in [2.75, 3.05) is 11.8 Å². The summed E-state index contributed by atoms with van der Waals surface area (Å²) in [5, 5.41) is 3.07. The first-order chi connectivity index (χ1) is 15.4. The third-order valence-electron chi connectivity index (χ3n) is 5.38. The fourth-order valence-electron chi connectivity index (χ4n) is 3.46. The molecule has 3 aromatic rings. The summed E-state index contributed by atoms with van der Waals surface area (Å²) in [6.45, 7) is 0. The van der Waals surface area contributed by atoms with Gasteiger partial charge in [-0.1, -0.05) is 12.1 Å². The molecule has 0 saturated heterocycles. The highest BCUT2D eigenvalue weighted by atomic mass is 32.2. The molecule has 1 saturated carbocycles. The average Bonchev–Trinajstić information content (AvgIpc) is 3.64. The van der Waals surface area contributed by atoms with E-state index in [9.17, 15) is 17.6 Å². The minimum Gasteiger partial charge on any atom is -0.497 e. The molecule has 32 heavy (non-hydrogen) atoms. The van der Waals surface area contributed by atoms with Crippen molar-refractivity contribution in [1.29, 1.82) is 0 Å². The van der Waals surface area contributed by atoms with Gasteiger partial charge in [-0.2, -0.15) is 0 Å². The second-order valence-electron chi connectivity index (χ2n) is 7.70. The highest BCUT2D eigenvalue weighted by Gasteiger charge is 2.33. The van der Waals surface area contributed by atoms with Crippen LogP contribution in [0.2, 0.25) is 0 Å². The average molecular weight is 455 g/mol. The number of methoxy groups -OCH3 is 1. The van der Waals surface area contributed by atoms with Gasteiger partial charge in [-0.05, 0) is 85.0 Å². The van der Waals surface area contributed by atoms with Crippen LogP contribution in [0.1, 0.15) is 34.8 Å². The van der Waals surface area contributed by atoms with Gasteiger partial charge in [-0.3, -0.25) is 9.52 Å². The molecule has 1 aliphatic rings. The first kappa shape index (κ1) is 21.8. The third-order valence-corrected chi connectivity index (χ3v) is 6.78. The lowest BCUT2D eigenvalue weighted by atomic mass is 10.0. The molecule has 166 valence electrons. The van der Waals surface area contributed by atoms with Crippen LogP contribution < -0.4 is 14.8 Å². The first-order valence-corrected chi connectivity index (χ1v) is 11.7. The molecule has 0 aromatic heterocycles. The van der Waals surface area contributed by atoms with E-state index in [0.29, 0.717) is 11.5 Å². The van der Waals surface area contributed by atoms with Crippen molar-refractivity contribution >= 4 is 21.6 Å². The second kappa shape index (κ2) is 9.00. The maximum Gasteiger partial charge on any atom is 0.261 e. The quantitative estimate of drug-likeness (QED) is 0.524. The van der Waals surface area contributed by atoms with Gasteiger partial charge in [0.1, 0.15) is 11.6 Å². The summed E-state index contributed by atoms with van der Waals surface area (Å²) < 4.78 is 45.7. The number of anilines is 1. The van der Waals surface area contributed by atoms with E-state index in [-0.39, 0.29) is 22.5 Å². The monoisotopic (exact) mass is 454 g/mol. The molecule has 0 radical (unpaired) electrons. The minimum atomic E-state index is -3.86. The Labute approximate surface area is 186 Å². The van der Waals surface area contributed by atoms with Crippen molar-refractivity contribution < 1.29 is 22.3 Å². The fourth-order valence-corrected chi connectivity index (χ4v) is 4.51. The predicted molar refractivity (Wildman–Crippen MR) is 120 cm³/mol. The lowest BCUT2D eigenvalue weighted by Gasteiger charge is -2.19. The van der Waals surface area contributed by atoms with E-state index < -0.39 is 15.8 Å². The van der Waals surface area contributed by atoms with Crippen LogP contribution in [0, 0.1) is 11.7 Å². The molecule has 1 amide bonds. The molecule has 6 nitrogen and oxygen atoms in total. The lowest BCUT2D eigenvalue weighted by Crippen LogP contribution is -2.29. The summed E-state index contributed by atoms with van der Waals surface area (Å²) in [7, 11) is -2.26. The number of halogens is 1. The fraction of sp³-hybridized carbons (Fsp3) is 0.208. The number of sulfonamides is 1. The Hall–Kier alpha value is -3.39. The summed E-state index contributed by atoms with van der Waals surface area (Å²) in [6.07, 6.45) is 2.09. The molecule has 0 bridgehead atoms. The minimum absolute atomic E-state index is 0.00673. The van der Waals surface area contributed by atoms with Gasteiger partial charge in [0.05, 0.1) is 18.0 Å². The highest BCUT2D eigenvalue weighted by molar-refractivity contribution is 7.92. The van der Waals surface area contributed by atoms with Crippen LogP contribution in [0.25, 0.3) is 0 Å². The number of hydrogen-bond acceptors (Lipinski definition) is 4. The van der Waals surface area contributed by atoms with Gasteiger partial charge in [0, 0.05) is 11.3 Å². The van der Waals surface area contributed by atoms with Crippen LogP contribution in [0.15, 0.2) is 77.7 Å². The SMILES string of the molecule is COc1ccc(C(NC(=O)c2ccc(S(=O)(=O)Nc3ccc(F)cc3)cc2)C2CC2)cc1. The maximum absolute atomic E-state index is 13.0. The number of carbonyl (C=O) groups is 1.